The highest BCUT2D eigenvalue weighted by molar-refractivity contribution is 7.90. The maximum atomic E-state index is 13.0. The zero-order chi connectivity index (χ0) is 16.3. The van der Waals surface area contributed by atoms with Crippen molar-refractivity contribution in [1.29, 1.82) is 0 Å². The minimum Gasteiger partial charge on any atom is -0.228 e. The molecule has 22 heavy (non-hydrogen) atoms. The van der Waals surface area contributed by atoms with E-state index in [9.17, 15) is 12.8 Å². The molecule has 4 heteroatoms. The molecule has 2 rings (SSSR count). The Hall–Kier alpha value is -1.68. The van der Waals surface area contributed by atoms with Gasteiger partial charge >= 0.3 is 0 Å². The summed E-state index contributed by atoms with van der Waals surface area (Å²) in [5, 5.41) is -0.604. The van der Waals surface area contributed by atoms with E-state index in [0.717, 1.165) is 16.7 Å². The number of sulfone groups is 1. The van der Waals surface area contributed by atoms with Crippen LogP contribution in [0.15, 0.2) is 42.5 Å². The van der Waals surface area contributed by atoms with E-state index in [-0.39, 0.29) is 11.6 Å². The molecule has 0 bridgehead atoms. The summed E-state index contributed by atoms with van der Waals surface area (Å²) >= 11 is 0. The van der Waals surface area contributed by atoms with E-state index >= 15 is 0 Å². The lowest BCUT2D eigenvalue weighted by atomic mass is 10.1. The zero-order valence-corrected chi connectivity index (χ0v) is 14.0. The Morgan fingerprint density at radius 1 is 1.05 bits per heavy atom. The van der Waals surface area contributed by atoms with Crippen LogP contribution in [0.3, 0.4) is 0 Å². The van der Waals surface area contributed by atoms with Crippen LogP contribution < -0.4 is 0 Å². The molecule has 2 aromatic carbocycles. The molecule has 1 unspecified atom stereocenters. The fourth-order valence-electron chi connectivity index (χ4n) is 2.65. The van der Waals surface area contributed by atoms with Crippen molar-refractivity contribution in [2.45, 2.75) is 38.2 Å². The molecule has 0 saturated carbocycles. The molecule has 0 heterocycles. The minimum absolute atomic E-state index is 0.0103. The van der Waals surface area contributed by atoms with E-state index in [1.165, 1.54) is 12.1 Å². The molecule has 2 aromatic rings. The number of aryl methyl sites for hydroxylation is 2. The summed E-state index contributed by atoms with van der Waals surface area (Å²) in [5.41, 5.74) is 3.50. The van der Waals surface area contributed by atoms with E-state index in [4.69, 9.17) is 0 Å². The smallest absolute Gasteiger partial charge is 0.161 e. The molecule has 0 amide bonds. The third kappa shape index (κ3) is 3.74. The topological polar surface area (TPSA) is 34.1 Å². The second-order valence-corrected chi connectivity index (χ2v) is 7.87. The van der Waals surface area contributed by atoms with Crippen molar-refractivity contribution >= 4 is 9.84 Å². The molecular formula is C18H21FO2S. The van der Waals surface area contributed by atoms with Gasteiger partial charge in [0.2, 0.25) is 0 Å². The molecule has 1 atom stereocenters. The first-order valence-electron chi connectivity index (χ1n) is 7.36. The highest BCUT2D eigenvalue weighted by Crippen LogP contribution is 2.29. The number of hydrogen-bond acceptors (Lipinski definition) is 2. The van der Waals surface area contributed by atoms with Crippen molar-refractivity contribution in [3.8, 4) is 0 Å². The zero-order valence-electron chi connectivity index (χ0n) is 13.1. The Bertz CT molecular complexity index is 749. The van der Waals surface area contributed by atoms with Crippen LogP contribution in [0.5, 0.6) is 0 Å². The number of benzene rings is 2. The van der Waals surface area contributed by atoms with Crippen LogP contribution in [-0.2, 0) is 15.6 Å². The molecule has 0 aromatic heterocycles. The van der Waals surface area contributed by atoms with Gasteiger partial charge in [0.1, 0.15) is 5.82 Å². The van der Waals surface area contributed by atoms with Gasteiger partial charge in [-0.05, 0) is 49.1 Å². The van der Waals surface area contributed by atoms with E-state index in [2.05, 4.69) is 0 Å². The highest BCUT2D eigenvalue weighted by Gasteiger charge is 2.26. The van der Waals surface area contributed by atoms with E-state index in [1.54, 1.807) is 12.1 Å². The normalized spacial score (nSPS) is 13.1. The quantitative estimate of drug-likeness (QED) is 0.812. The second kappa shape index (κ2) is 6.61. The first-order chi connectivity index (χ1) is 10.3. The Labute approximate surface area is 131 Å². The molecule has 0 N–H and O–H groups in total. The fraction of sp³-hybridized carbons (Fsp3) is 0.333. The van der Waals surface area contributed by atoms with Crippen LogP contribution in [0.1, 0.15) is 40.8 Å². The van der Waals surface area contributed by atoms with Gasteiger partial charge in [0.25, 0.3) is 0 Å². The molecule has 0 saturated heterocycles. The predicted octanol–water partition coefficient (Wildman–Crippen LogP) is 4.51. The average Bonchev–Trinajstić information content (AvgIpc) is 2.45. The SMILES string of the molecule is CCC(c1ccc(F)cc1)S(=O)(=O)Cc1cc(C)ccc1C. The number of rotatable bonds is 5. The van der Waals surface area contributed by atoms with Crippen molar-refractivity contribution in [2.24, 2.45) is 0 Å². The van der Waals surface area contributed by atoms with Gasteiger partial charge in [-0.15, -0.1) is 0 Å². The van der Waals surface area contributed by atoms with E-state index < -0.39 is 15.1 Å². The van der Waals surface area contributed by atoms with Crippen LogP contribution in [-0.4, -0.2) is 8.42 Å². The molecule has 0 aliphatic rings. The first kappa shape index (κ1) is 16.7. The van der Waals surface area contributed by atoms with Gasteiger partial charge in [-0.2, -0.15) is 0 Å². The predicted molar refractivity (Wildman–Crippen MR) is 88.0 cm³/mol. The summed E-state index contributed by atoms with van der Waals surface area (Å²) < 4.78 is 38.6. The van der Waals surface area contributed by atoms with Crippen LogP contribution >= 0.6 is 0 Å². The molecule has 0 fully saturated rings. The molecule has 118 valence electrons. The van der Waals surface area contributed by atoms with Gasteiger partial charge < -0.3 is 0 Å². The molecular weight excluding hydrogens is 299 g/mol. The first-order valence-corrected chi connectivity index (χ1v) is 9.08. The summed E-state index contributed by atoms with van der Waals surface area (Å²) in [7, 11) is -3.35. The Morgan fingerprint density at radius 2 is 1.68 bits per heavy atom. The summed E-state index contributed by atoms with van der Waals surface area (Å²) in [6.45, 7) is 5.71. The summed E-state index contributed by atoms with van der Waals surface area (Å²) in [6, 6.07) is 11.6. The van der Waals surface area contributed by atoms with Crippen molar-refractivity contribution in [3.05, 3.63) is 70.5 Å². The highest BCUT2D eigenvalue weighted by atomic mass is 32.2. The standard InChI is InChI=1S/C18H21FO2S/c1-4-18(15-7-9-17(19)10-8-15)22(20,21)12-16-11-13(2)5-6-14(16)3/h5-11,18H,4,12H2,1-3H3. The lowest BCUT2D eigenvalue weighted by molar-refractivity contribution is 0.577. The van der Waals surface area contributed by atoms with Gasteiger partial charge in [-0.1, -0.05) is 42.8 Å². The van der Waals surface area contributed by atoms with E-state index in [0.29, 0.717) is 12.0 Å². The van der Waals surface area contributed by atoms with Gasteiger partial charge in [0, 0.05) is 0 Å². The van der Waals surface area contributed by atoms with Crippen molar-refractivity contribution in [3.63, 3.8) is 0 Å². The summed E-state index contributed by atoms with van der Waals surface area (Å²) in [5.74, 6) is -0.346. The van der Waals surface area contributed by atoms with Crippen LogP contribution in [0, 0.1) is 19.7 Å². The van der Waals surface area contributed by atoms with Crippen LogP contribution in [0.25, 0.3) is 0 Å². The molecule has 0 spiro atoms. The monoisotopic (exact) mass is 320 g/mol. The largest absolute Gasteiger partial charge is 0.228 e. The van der Waals surface area contributed by atoms with Crippen molar-refractivity contribution in [2.75, 3.05) is 0 Å². The van der Waals surface area contributed by atoms with Crippen LogP contribution in [0.2, 0.25) is 0 Å². The Morgan fingerprint density at radius 3 is 2.27 bits per heavy atom. The minimum atomic E-state index is -3.35. The van der Waals surface area contributed by atoms with Gasteiger partial charge in [-0.3, -0.25) is 0 Å². The average molecular weight is 320 g/mol. The molecule has 0 radical (unpaired) electrons. The van der Waals surface area contributed by atoms with Gasteiger partial charge in [0.15, 0.2) is 9.84 Å². The maximum absolute atomic E-state index is 13.0. The Balaban J connectivity index is 2.35. The second-order valence-electron chi connectivity index (χ2n) is 5.69. The number of hydrogen-bond donors (Lipinski definition) is 0. The van der Waals surface area contributed by atoms with Gasteiger partial charge in [-0.25, -0.2) is 12.8 Å². The molecule has 0 aliphatic heterocycles. The Kier molecular flexibility index (Phi) is 5.01. The number of halogens is 1. The van der Waals surface area contributed by atoms with E-state index in [1.807, 2.05) is 39.0 Å². The van der Waals surface area contributed by atoms with Crippen LogP contribution in [0.4, 0.5) is 4.39 Å². The summed E-state index contributed by atoms with van der Waals surface area (Å²) in [4.78, 5) is 0. The lowest BCUT2D eigenvalue weighted by Crippen LogP contribution is -2.15. The molecule has 2 nitrogen and oxygen atoms in total. The summed E-state index contributed by atoms with van der Waals surface area (Å²) in [6.07, 6.45) is 0.471. The molecule has 0 aliphatic carbocycles. The lowest BCUT2D eigenvalue weighted by Gasteiger charge is -2.17. The van der Waals surface area contributed by atoms with Crippen molar-refractivity contribution in [1.82, 2.24) is 0 Å². The third-order valence-corrected chi connectivity index (χ3v) is 6.09. The fourth-order valence-corrected chi connectivity index (χ4v) is 4.67. The van der Waals surface area contributed by atoms with Gasteiger partial charge in [0.05, 0.1) is 11.0 Å². The van der Waals surface area contributed by atoms with Crippen molar-refractivity contribution < 1.29 is 12.8 Å². The maximum Gasteiger partial charge on any atom is 0.161 e. The third-order valence-electron chi connectivity index (χ3n) is 3.91.